The van der Waals surface area contributed by atoms with Crippen LogP contribution in [0.15, 0.2) is 48.7 Å². The van der Waals surface area contributed by atoms with Crippen molar-refractivity contribution in [2.24, 2.45) is 0 Å². The molecule has 7 heteroatoms. The number of nitrogens with one attached hydrogen (secondary N) is 2. The second kappa shape index (κ2) is 11.5. The third kappa shape index (κ3) is 6.84. The van der Waals surface area contributed by atoms with Crippen molar-refractivity contribution in [1.29, 1.82) is 0 Å². The van der Waals surface area contributed by atoms with Gasteiger partial charge in [0.05, 0.1) is 12.2 Å². The van der Waals surface area contributed by atoms with Gasteiger partial charge in [-0.2, -0.15) is 0 Å². The van der Waals surface area contributed by atoms with Crippen LogP contribution in [0.3, 0.4) is 0 Å². The van der Waals surface area contributed by atoms with Gasteiger partial charge in [-0.05, 0) is 62.2 Å². The van der Waals surface area contributed by atoms with Crippen molar-refractivity contribution in [3.05, 3.63) is 65.5 Å². The van der Waals surface area contributed by atoms with Crippen LogP contribution in [-0.4, -0.2) is 40.8 Å². The first-order valence-electron chi connectivity index (χ1n) is 9.88. The first kappa shape index (κ1) is 22.8. The molecule has 1 aliphatic heterocycles. The lowest BCUT2D eigenvalue weighted by molar-refractivity contribution is -0.119. The van der Waals surface area contributed by atoms with Crippen molar-refractivity contribution < 1.29 is 9.59 Å². The van der Waals surface area contributed by atoms with Crippen molar-refractivity contribution in [2.45, 2.75) is 45.3 Å². The predicted molar refractivity (Wildman–Crippen MR) is 116 cm³/mol. The maximum Gasteiger partial charge on any atom is 0.254 e. The standard InChI is InChI=1S/C22H28N4O2.ClH/c1-17(27)25-15-18-7-9-19(10-8-18)22(28)26(16-20-5-2-3-13-24-20)21-6-4-12-23-14-11-21;/h2-3,5,7-10,13,21,23H,4,6,11-12,14-16H2,1H3,(H,25,27);1H. The second-order valence-electron chi connectivity index (χ2n) is 7.20. The largest absolute Gasteiger partial charge is 0.352 e. The van der Waals surface area contributed by atoms with Crippen LogP contribution < -0.4 is 10.6 Å². The normalized spacial score (nSPS) is 16.2. The molecule has 0 aliphatic carbocycles. The Morgan fingerprint density at radius 2 is 1.93 bits per heavy atom. The Bertz CT molecular complexity index is 775. The second-order valence-corrected chi connectivity index (χ2v) is 7.20. The van der Waals surface area contributed by atoms with E-state index < -0.39 is 0 Å². The number of benzene rings is 1. The number of aromatic nitrogens is 1. The zero-order valence-corrected chi connectivity index (χ0v) is 17.6. The van der Waals surface area contributed by atoms with Crippen LogP contribution in [0.2, 0.25) is 0 Å². The molecule has 1 aromatic heterocycles. The molecule has 0 radical (unpaired) electrons. The maximum atomic E-state index is 13.3. The molecule has 1 aromatic carbocycles. The molecule has 6 nitrogen and oxygen atoms in total. The van der Waals surface area contributed by atoms with Crippen molar-refractivity contribution in [3.63, 3.8) is 0 Å². The van der Waals surface area contributed by atoms with E-state index in [9.17, 15) is 9.59 Å². The van der Waals surface area contributed by atoms with E-state index >= 15 is 0 Å². The fourth-order valence-electron chi connectivity index (χ4n) is 3.50. The van der Waals surface area contributed by atoms with Gasteiger partial charge in [0.2, 0.25) is 5.91 Å². The molecule has 1 unspecified atom stereocenters. The Balaban J connectivity index is 0.00000300. The third-order valence-electron chi connectivity index (χ3n) is 5.05. The summed E-state index contributed by atoms with van der Waals surface area (Å²) in [5, 5.41) is 6.19. The molecule has 0 bridgehead atoms. The highest BCUT2D eigenvalue weighted by atomic mass is 35.5. The number of hydrogen-bond acceptors (Lipinski definition) is 4. The molecular formula is C22H29ClN4O2. The number of carbonyl (C=O) groups is 2. The molecule has 1 saturated heterocycles. The van der Waals surface area contributed by atoms with E-state index in [2.05, 4.69) is 15.6 Å². The van der Waals surface area contributed by atoms with Gasteiger partial charge in [-0.3, -0.25) is 14.6 Å². The van der Waals surface area contributed by atoms with Gasteiger partial charge in [-0.1, -0.05) is 18.2 Å². The molecule has 29 heavy (non-hydrogen) atoms. The summed E-state index contributed by atoms with van der Waals surface area (Å²) in [6, 6.07) is 13.5. The van der Waals surface area contributed by atoms with Crippen LogP contribution in [0.25, 0.3) is 0 Å². The molecule has 1 aliphatic rings. The number of nitrogens with zero attached hydrogens (tertiary/aromatic N) is 2. The minimum Gasteiger partial charge on any atom is -0.352 e. The van der Waals surface area contributed by atoms with Crippen LogP contribution >= 0.6 is 12.4 Å². The topological polar surface area (TPSA) is 74.3 Å². The Morgan fingerprint density at radius 1 is 1.14 bits per heavy atom. The highest BCUT2D eigenvalue weighted by Crippen LogP contribution is 2.20. The highest BCUT2D eigenvalue weighted by Gasteiger charge is 2.26. The summed E-state index contributed by atoms with van der Waals surface area (Å²) in [6.07, 6.45) is 4.77. The monoisotopic (exact) mass is 416 g/mol. The number of carbonyl (C=O) groups excluding carboxylic acids is 2. The molecule has 1 atom stereocenters. The van der Waals surface area contributed by atoms with Crippen LogP contribution in [0.1, 0.15) is 47.8 Å². The lowest BCUT2D eigenvalue weighted by Gasteiger charge is -2.31. The quantitative estimate of drug-likeness (QED) is 0.759. The van der Waals surface area contributed by atoms with E-state index in [-0.39, 0.29) is 30.3 Å². The molecule has 0 saturated carbocycles. The van der Waals surface area contributed by atoms with Gasteiger partial charge in [0, 0.05) is 31.3 Å². The molecule has 2 N–H and O–H groups in total. The fourth-order valence-corrected chi connectivity index (χ4v) is 3.50. The van der Waals surface area contributed by atoms with Gasteiger partial charge < -0.3 is 15.5 Å². The predicted octanol–water partition coefficient (Wildman–Crippen LogP) is 2.92. The van der Waals surface area contributed by atoms with E-state index in [1.165, 1.54) is 6.92 Å². The van der Waals surface area contributed by atoms with Crippen molar-refractivity contribution in [1.82, 2.24) is 20.5 Å². The molecule has 1 fully saturated rings. The van der Waals surface area contributed by atoms with Crippen molar-refractivity contribution in [3.8, 4) is 0 Å². The van der Waals surface area contributed by atoms with E-state index in [0.29, 0.717) is 18.7 Å². The number of rotatable bonds is 6. The minimum atomic E-state index is -0.0661. The summed E-state index contributed by atoms with van der Waals surface area (Å²) in [7, 11) is 0. The molecule has 0 spiro atoms. The zero-order chi connectivity index (χ0) is 19.8. The number of hydrogen-bond donors (Lipinski definition) is 2. The summed E-state index contributed by atoms with van der Waals surface area (Å²) in [5.74, 6) is -0.0349. The van der Waals surface area contributed by atoms with E-state index in [4.69, 9.17) is 0 Å². The van der Waals surface area contributed by atoms with Gasteiger partial charge in [-0.15, -0.1) is 12.4 Å². The first-order chi connectivity index (χ1) is 13.6. The third-order valence-corrected chi connectivity index (χ3v) is 5.05. The minimum absolute atomic E-state index is 0. The Labute approximate surface area is 178 Å². The molecule has 156 valence electrons. The van der Waals surface area contributed by atoms with E-state index in [1.807, 2.05) is 47.4 Å². The average molecular weight is 417 g/mol. The van der Waals surface area contributed by atoms with Gasteiger partial charge >= 0.3 is 0 Å². The summed E-state index contributed by atoms with van der Waals surface area (Å²) in [5.41, 5.74) is 2.54. The van der Waals surface area contributed by atoms with Crippen molar-refractivity contribution >= 4 is 24.2 Å². The number of pyridine rings is 1. The summed E-state index contributed by atoms with van der Waals surface area (Å²) in [6.45, 7) is 4.40. The molecule has 2 aromatic rings. The Kier molecular flexibility index (Phi) is 9.09. The van der Waals surface area contributed by atoms with Crippen LogP contribution in [0, 0.1) is 0 Å². The number of halogens is 1. The smallest absolute Gasteiger partial charge is 0.254 e. The van der Waals surface area contributed by atoms with Gasteiger partial charge in [0.15, 0.2) is 0 Å². The molecular weight excluding hydrogens is 388 g/mol. The summed E-state index contributed by atoms with van der Waals surface area (Å²) >= 11 is 0. The molecule has 2 amide bonds. The highest BCUT2D eigenvalue weighted by molar-refractivity contribution is 5.94. The summed E-state index contributed by atoms with van der Waals surface area (Å²) in [4.78, 5) is 30.8. The first-order valence-corrected chi connectivity index (χ1v) is 9.88. The number of amides is 2. The lowest BCUT2D eigenvalue weighted by atomic mass is 10.0. The van der Waals surface area contributed by atoms with Gasteiger partial charge in [-0.25, -0.2) is 0 Å². The zero-order valence-electron chi connectivity index (χ0n) is 16.8. The lowest BCUT2D eigenvalue weighted by Crippen LogP contribution is -2.40. The SMILES string of the molecule is CC(=O)NCc1ccc(C(=O)N(Cc2ccccn2)C2CCCNCC2)cc1.Cl. The Hall–Kier alpha value is -2.44. The fraction of sp³-hybridized carbons (Fsp3) is 0.409. The van der Waals surface area contributed by atoms with Gasteiger partial charge in [0.25, 0.3) is 5.91 Å². The summed E-state index contributed by atoms with van der Waals surface area (Å²) < 4.78 is 0. The van der Waals surface area contributed by atoms with Crippen LogP contribution in [0.5, 0.6) is 0 Å². The maximum absolute atomic E-state index is 13.3. The van der Waals surface area contributed by atoms with Crippen LogP contribution in [-0.2, 0) is 17.9 Å². The van der Waals surface area contributed by atoms with Gasteiger partial charge in [0.1, 0.15) is 0 Å². The van der Waals surface area contributed by atoms with Crippen LogP contribution in [0.4, 0.5) is 0 Å². The van der Waals surface area contributed by atoms with E-state index in [1.54, 1.807) is 6.20 Å². The molecule has 2 heterocycles. The Morgan fingerprint density at radius 3 is 2.62 bits per heavy atom. The van der Waals surface area contributed by atoms with E-state index in [0.717, 1.165) is 43.6 Å². The molecule has 3 rings (SSSR count). The van der Waals surface area contributed by atoms with Crippen molar-refractivity contribution in [2.75, 3.05) is 13.1 Å². The average Bonchev–Trinajstić information content (AvgIpc) is 3.00.